The van der Waals surface area contributed by atoms with Gasteiger partial charge in [-0.3, -0.25) is 0 Å². The van der Waals surface area contributed by atoms with Crippen LogP contribution in [0.5, 0.6) is 5.75 Å². The number of aromatic hydroxyl groups is 1. The molecule has 1 aromatic carbocycles. The predicted octanol–water partition coefficient (Wildman–Crippen LogP) is -0.874. The third kappa shape index (κ3) is 2.74. The van der Waals surface area contributed by atoms with Crippen LogP contribution < -0.4 is 29.6 Å². The van der Waals surface area contributed by atoms with Crippen molar-refractivity contribution in [1.82, 2.24) is 0 Å². The van der Waals surface area contributed by atoms with Gasteiger partial charge in [-0.05, 0) is 37.1 Å². The van der Waals surface area contributed by atoms with Crippen LogP contribution in [0.15, 0.2) is 18.2 Å². The summed E-state index contributed by atoms with van der Waals surface area (Å²) >= 11 is 0. The summed E-state index contributed by atoms with van der Waals surface area (Å²) < 4.78 is 0. The number of hydrogen-bond acceptors (Lipinski definition) is 1. The van der Waals surface area contributed by atoms with E-state index in [9.17, 15) is 0 Å². The second-order valence-corrected chi connectivity index (χ2v) is 2.35. The molecule has 1 aromatic rings. The fourth-order valence-corrected chi connectivity index (χ4v) is 0.951. The van der Waals surface area contributed by atoms with Gasteiger partial charge >= 0.3 is 29.6 Å². The molecule has 1 rings (SSSR count). The van der Waals surface area contributed by atoms with Crippen LogP contribution in [0, 0.1) is 13.8 Å². The van der Waals surface area contributed by atoms with Gasteiger partial charge in [-0.15, -0.1) is 0 Å². The molecule has 1 N–H and O–H groups in total. The van der Waals surface area contributed by atoms with Gasteiger partial charge in [0.1, 0.15) is 5.75 Å². The van der Waals surface area contributed by atoms with E-state index < -0.39 is 0 Å². The van der Waals surface area contributed by atoms with E-state index in [4.69, 9.17) is 5.11 Å². The number of benzene rings is 1. The Kier molecular flexibility index (Phi) is 4.02. The topological polar surface area (TPSA) is 20.2 Å². The molecular formula is C8H11NaO. The van der Waals surface area contributed by atoms with Gasteiger partial charge in [-0.1, -0.05) is 6.07 Å². The van der Waals surface area contributed by atoms with Gasteiger partial charge in [0.05, 0.1) is 0 Å². The summed E-state index contributed by atoms with van der Waals surface area (Å²) in [7, 11) is 0. The van der Waals surface area contributed by atoms with Crippen molar-refractivity contribution in [3.8, 4) is 5.75 Å². The van der Waals surface area contributed by atoms with Crippen molar-refractivity contribution in [3.63, 3.8) is 0 Å². The summed E-state index contributed by atoms with van der Waals surface area (Å²) in [6.45, 7) is 3.93. The summed E-state index contributed by atoms with van der Waals surface area (Å²) in [5.41, 5.74) is 2.21. The Morgan fingerprint density at radius 1 is 1.10 bits per heavy atom. The first-order valence-electron chi connectivity index (χ1n) is 2.96. The van der Waals surface area contributed by atoms with Crippen LogP contribution >= 0.6 is 0 Å². The monoisotopic (exact) mass is 146 g/mol. The van der Waals surface area contributed by atoms with Crippen molar-refractivity contribution in [2.75, 3.05) is 0 Å². The van der Waals surface area contributed by atoms with Crippen LogP contribution in [0.25, 0.3) is 0 Å². The molecule has 0 amide bonds. The van der Waals surface area contributed by atoms with Gasteiger partial charge < -0.3 is 6.53 Å². The maximum absolute atomic E-state index is 8.99. The Labute approximate surface area is 84.9 Å². The van der Waals surface area contributed by atoms with E-state index in [0.717, 1.165) is 11.1 Å². The molecule has 0 atom stereocenters. The van der Waals surface area contributed by atoms with Crippen LogP contribution in [-0.4, -0.2) is 5.11 Å². The molecule has 0 heterocycles. The van der Waals surface area contributed by atoms with Gasteiger partial charge in [-0.25, -0.2) is 0 Å². The van der Waals surface area contributed by atoms with E-state index in [-0.39, 0.29) is 31.0 Å². The van der Waals surface area contributed by atoms with Crippen molar-refractivity contribution in [3.05, 3.63) is 29.3 Å². The molecule has 0 spiro atoms. The standard InChI is InChI=1S/C8H10O.Na.H/c1-6-3-7(2)5-8(9)4-6;;/h3-5,9H,1-2H3;;/q;+1;-1. The second-order valence-electron chi connectivity index (χ2n) is 2.35. The number of hydrogen-bond donors (Lipinski definition) is 1. The molecule has 0 aromatic heterocycles. The average molecular weight is 146 g/mol. The molecule has 2 heteroatoms. The first kappa shape index (κ1) is 10.0. The van der Waals surface area contributed by atoms with E-state index in [1.807, 2.05) is 19.9 Å². The van der Waals surface area contributed by atoms with Gasteiger partial charge in [-0.2, -0.15) is 0 Å². The SMILES string of the molecule is Cc1cc(C)cc(O)c1.[H-].[Na+]. The fourth-order valence-electron chi connectivity index (χ4n) is 0.951. The third-order valence-corrected chi connectivity index (χ3v) is 1.21. The smallest absolute Gasteiger partial charge is 1.00 e. The Hall–Kier alpha value is 0.0200. The largest absolute Gasteiger partial charge is 1.00 e. The molecule has 0 aliphatic heterocycles. The van der Waals surface area contributed by atoms with Crippen molar-refractivity contribution in [2.24, 2.45) is 0 Å². The van der Waals surface area contributed by atoms with Crippen molar-refractivity contribution in [1.29, 1.82) is 0 Å². The number of aryl methyl sites for hydroxylation is 2. The predicted molar refractivity (Wildman–Crippen MR) is 38.7 cm³/mol. The summed E-state index contributed by atoms with van der Waals surface area (Å²) in [6.07, 6.45) is 0. The quantitative estimate of drug-likeness (QED) is 0.471. The van der Waals surface area contributed by atoms with Crippen LogP contribution in [-0.2, 0) is 0 Å². The maximum Gasteiger partial charge on any atom is 1.00 e. The van der Waals surface area contributed by atoms with Crippen LogP contribution in [0.4, 0.5) is 0 Å². The molecule has 0 radical (unpaired) electrons. The third-order valence-electron chi connectivity index (χ3n) is 1.21. The number of phenolic OH excluding ortho intramolecular Hbond substituents is 1. The first-order chi connectivity index (χ1) is 4.18. The van der Waals surface area contributed by atoms with E-state index in [1.54, 1.807) is 12.1 Å². The zero-order valence-corrected chi connectivity index (χ0v) is 8.68. The van der Waals surface area contributed by atoms with E-state index >= 15 is 0 Å². The minimum Gasteiger partial charge on any atom is -1.00 e. The van der Waals surface area contributed by atoms with Gasteiger partial charge in [0.25, 0.3) is 0 Å². The van der Waals surface area contributed by atoms with Gasteiger partial charge in [0.15, 0.2) is 0 Å². The minimum atomic E-state index is 0. The Balaban J connectivity index is 0. The molecule has 0 unspecified atom stereocenters. The molecule has 0 saturated carbocycles. The summed E-state index contributed by atoms with van der Waals surface area (Å²) in [4.78, 5) is 0. The van der Waals surface area contributed by atoms with Gasteiger partial charge in [0.2, 0.25) is 0 Å². The molecule has 1 nitrogen and oxygen atoms in total. The number of phenols is 1. The normalized spacial score (nSPS) is 8.60. The van der Waals surface area contributed by atoms with Crippen molar-refractivity contribution < 1.29 is 36.1 Å². The number of rotatable bonds is 0. The van der Waals surface area contributed by atoms with E-state index in [1.165, 1.54) is 0 Å². The Bertz CT molecular complexity index is 175. The van der Waals surface area contributed by atoms with Crippen molar-refractivity contribution in [2.45, 2.75) is 13.8 Å². The summed E-state index contributed by atoms with van der Waals surface area (Å²) in [5.74, 6) is 0.354. The van der Waals surface area contributed by atoms with Gasteiger partial charge in [0, 0.05) is 0 Å². The average Bonchev–Trinajstić information content (AvgIpc) is 1.59. The molecule has 50 valence electrons. The first-order valence-corrected chi connectivity index (χ1v) is 2.96. The molecular weight excluding hydrogens is 135 g/mol. The molecule has 0 aliphatic rings. The van der Waals surface area contributed by atoms with Crippen LogP contribution in [0.1, 0.15) is 12.6 Å². The van der Waals surface area contributed by atoms with Crippen LogP contribution in [0.2, 0.25) is 0 Å². The van der Waals surface area contributed by atoms with E-state index in [0.29, 0.717) is 5.75 Å². The molecule has 0 fully saturated rings. The Morgan fingerprint density at radius 2 is 1.50 bits per heavy atom. The van der Waals surface area contributed by atoms with E-state index in [2.05, 4.69) is 0 Å². The molecule has 10 heavy (non-hydrogen) atoms. The Morgan fingerprint density at radius 3 is 1.80 bits per heavy atom. The minimum absolute atomic E-state index is 0. The molecule has 0 saturated heterocycles. The van der Waals surface area contributed by atoms with Crippen molar-refractivity contribution >= 4 is 0 Å². The molecule has 0 bridgehead atoms. The second kappa shape index (κ2) is 4.02. The fraction of sp³-hybridized carbons (Fsp3) is 0.250. The summed E-state index contributed by atoms with van der Waals surface area (Å²) in [5, 5.41) is 8.99. The zero-order valence-electron chi connectivity index (χ0n) is 7.68. The molecule has 0 aliphatic carbocycles. The van der Waals surface area contributed by atoms with Crippen LogP contribution in [0.3, 0.4) is 0 Å². The zero-order chi connectivity index (χ0) is 6.85. The summed E-state index contributed by atoms with van der Waals surface area (Å²) in [6, 6.07) is 5.51. The maximum atomic E-state index is 8.99.